The molecule has 0 aromatic carbocycles. The fourth-order valence-corrected chi connectivity index (χ4v) is 1.68. The summed E-state index contributed by atoms with van der Waals surface area (Å²) in [6.45, 7) is 1.37. The van der Waals surface area contributed by atoms with Crippen molar-refractivity contribution < 1.29 is 38.9 Å². The van der Waals surface area contributed by atoms with Crippen LogP contribution in [0.3, 0.4) is 0 Å². The van der Waals surface area contributed by atoms with Gasteiger partial charge in [0.15, 0.2) is 6.29 Å². The van der Waals surface area contributed by atoms with Crippen LogP contribution in [0.15, 0.2) is 0 Å². The Balaban J connectivity index is 2.71. The van der Waals surface area contributed by atoms with Gasteiger partial charge in [-0.15, -0.1) is 0 Å². The minimum atomic E-state index is -4.82. The van der Waals surface area contributed by atoms with Crippen LogP contribution in [0.4, 0.5) is 0 Å². The van der Waals surface area contributed by atoms with Crippen molar-refractivity contribution in [2.75, 3.05) is 0 Å². The lowest BCUT2D eigenvalue weighted by molar-refractivity contribution is -0.271. The lowest BCUT2D eigenvalue weighted by Gasteiger charge is -2.38. The maximum Gasteiger partial charge on any atom is 0.472 e. The molecule has 0 radical (unpaired) electrons. The zero-order valence-corrected chi connectivity index (χ0v) is 8.69. The van der Waals surface area contributed by atoms with Crippen LogP contribution in [0.2, 0.25) is 0 Å². The first-order valence-electron chi connectivity index (χ1n) is 4.16. The SMILES string of the molecule is C[C@H]1O[C@@H](OP(=O)(O)O)[C@H](O)[C@@H](O)[C@@H]1O. The quantitative estimate of drug-likeness (QED) is 0.349. The fraction of sp³-hybridized carbons (Fsp3) is 1.00. The molecule has 0 saturated carbocycles. The van der Waals surface area contributed by atoms with Gasteiger partial charge in [-0.3, -0.25) is 4.52 Å². The first-order chi connectivity index (χ1) is 6.72. The molecule has 1 aliphatic heterocycles. The maximum absolute atomic E-state index is 10.5. The monoisotopic (exact) mass is 244 g/mol. The Morgan fingerprint density at radius 3 is 2.13 bits per heavy atom. The smallest absolute Gasteiger partial charge is 0.388 e. The molecule has 1 rings (SSSR count). The summed E-state index contributed by atoms with van der Waals surface area (Å²) in [7, 11) is -4.82. The van der Waals surface area contributed by atoms with Crippen molar-refractivity contribution in [1.29, 1.82) is 0 Å². The highest BCUT2D eigenvalue weighted by Gasteiger charge is 2.44. The summed E-state index contributed by atoms with van der Waals surface area (Å²) in [4.78, 5) is 17.0. The van der Waals surface area contributed by atoms with Gasteiger partial charge >= 0.3 is 7.82 Å². The molecule has 90 valence electrons. The van der Waals surface area contributed by atoms with Crippen LogP contribution in [-0.2, 0) is 13.8 Å². The average Bonchev–Trinajstić information content (AvgIpc) is 2.08. The highest BCUT2D eigenvalue weighted by molar-refractivity contribution is 7.46. The maximum atomic E-state index is 10.5. The van der Waals surface area contributed by atoms with E-state index in [1.807, 2.05) is 0 Å². The van der Waals surface area contributed by atoms with Crippen LogP contribution in [0, 0.1) is 0 Å². The van der Waals surface area contributed by atoms with E-state index in [4.69, 9.17) is 14.5 Å². The summed E-state index contributed by atoms with van der Waals surface area (Å²) in [5.41, 5.74) is 0. The number of aliphatic hydroxyl groups excluding tert-OH is 3. The van der Waals surface area contributed by atoms with Gasteiger partial charge in [-0.25, -0.2) is 4.57 Å². The Morgan fingerprint density at radius 1 is 1.13 bits per heavy atom. The molecule has 1 saturated heterocycles. The molecule has 15 heavy (non-hydrogen) atoms. The molecule has 0 bridgehead atoms. The number of rotatable bonds is 2. The van der Waals surface area contributed by atoms with Crippen molar-refractivity contribution in [2.45, 2.75) is 37.6 Å². The van der Waals surface area contributed by atoms with Crippen LogP contribution in [-0.4, -0.2) is 55.8 Å². The summed E-state index contributed by atoms with van der Waals surface area (Å²) in [6.07, 6.45) is -7.20. The summed E-state index contributed by atoms with van der Waals surface area (Å²) < 4.78 is 19.4. The highest BCUT2D eigenvalue weighted by atomic mass is 31.2. The lowest BCUT2D eigenvalue weighted by atomic mass is 10.0. The molecule has 0 aromatic heterocycles. The second kappa shape index (κ2) is 4.44. The molecule has 0 spiro atoms. The molecule has 1 heterocycles. The van der Waals surface area contributed by atoms with Gasteiger partial charge in [-0.05, 0) is 6.92 Å². The summed E-state index contributed by atoms with van der Waals surface area (Å²) in [5, 5.41) is 27.8. The minimum Gasteiger partial charge on any atom is -0.388 e. The van der Waals surface area contributed by atoms with E-state index in [0.29, 0.717) is 0 Å². The summed E-state index contributed by atoms with van der Waals surface area (Å²) in [6, 6.07) is 0. The van der Waals surface area contributed by atoms with Crippen molar-refractivity contribution in [3.8, 4) is 0 Å². The summed E-state index contributed by atoms with van der Waals surface area (Å²) in [5.74, 6) is 0. The predicted octanol–water partition coefficient (Wildman–Crippen LogP) is -2.08. The van der Waals surface area contributed by atoms with E-state index in [0.717, 1.165) is 0 Å². The molecule has 0 unspecified atom stereocenters. The van der Waals surface area contributed by atoms with Crippen LogP contribution in [0.1, 0.15) is 6.92 Å². The Hall–Kier alpha value is -0.0500. The van der Waals surface area contributed by atoms with E-state index < -0.39 is 38.5 Å². The van der Waals surface area contributed by atoms with Gasteiger partial charge < -0.3 is 29.8 Å². The molecule has 0 aromatic rings. The van der Waals surface area contributed by atoms with Gasteiger partial charge in [0.25, 0.3) is 0 Å². The molecule has 1 aliphatic rings. The second-order valence-electron chi connectivity index (χ2n) is 3.28. The largest absolute Gasteiger partial charge is 0.472 e. The molecular weight excluding hydrogens is 231 g/mol. The third kappa shape index (κ3) is 3.20. The molecule has 8 nitrogen and oxygen atoms in total. The van der Waals surface area contributed by atoms with Gasteiger partial charge in [-0.2, -0.15) is 0 Å². The molecule has 5 atom stereocenters. The Morgan fingerprint density at radius 2 is 1.67 bits per heavy atom. The van der Waals surface area contributed by atoms with Crippen LogP contribution in [0.5, 0.6) is 0 Å². The van der Waals surface area contributed by atoms with Crippen molar-refractivity contribution in [3.63, 3.8) is 0 Å². The number of hydrogen-bond acceptors (Lipinski definition) is 6. The lowest BCUT2D eigenvalue weighted by Crippen LogP contribution is -2.57. The topological polar surface area (TPSA) is 137 Å². The minimum absolute atomic E-state index is 0.903. The third-order valence-electron chi connectivity index (χ3n) is 2.05. The number of phosphoric ester groups is 1. The number of aliphatic hydroxyl groups is 3. The standard InChI is InChI=1S/C6H13O8P/c1-2-3(7)4(8)5(9)6(13-2)14-15(10,11)12/h2-9H,1H3,(H2,10,11,12)/t2-,3-,4+,5-,6+/m1/s1. The molecular formula is C6H13O8P. The van der Waals surface area contributed by atoms with Gasteiger partial charge in [0.2, 0.25) is 0 Å². The van der Waals surface area contributed by atoms with Crippen LogP contribution in [0.25, 0.3) is 0 Å². The number of phosphoric acid groups is 1. The van der Waals surface area contributed by atoms with E-state index in [1.165, 1.54) is 6.92 Å². The van der Waals surface area contributed by atoms with E-state index in [2.05, 4.69) is 4.52 Å². The zero-order valence-electron chi connectivity index (χ0n) is 7.79. The third-order valence-corrected chi connectivity index (χ3v) is 2.53. The predicted molar refractivity (Wildman–Crippen MR) is 45.5 cm³/mol. The van der Waals surface area contributed by atoms with E-state index in [-0.39, 0.29) is 0 Å². The number of hydrogen-bond donors (Lipinski definition) is 5. The average molecular weight is 244 g/mol. The zero-order chi connectivity index (χ0) is 11.8. The van der Waals surface area contributed by atoms with Gasteiger partial charge in [0.1, 0.15) is 18.3 Å². The van der Waals surface area contributed by atoms with E-state index >= 15 is 0 Å². The van der Waals surface area contributed by atoms with E-state index in [9.17, 15) is 19.9 Å². The van der Waals surface area contributed by atoms with Gasteiger partial charge in [0.05, 0.1) is 6.10 Å². The van der Waals surface area contributed by atoms with Crippen molar-refractivity contribution in [3.05, 3.63) is 0 Å². The van der Waals surface area contributed by atoms with Crippen molar-refractivity contribution in [1.82, 2.24) is 0 Å². The molecule has 0 amide bonds. The summed E-state index contributed by atoms with van der Waals surface area (Å²) >= 11 is 0. The molecule has 0 aliphatic carbocycles. The van der Waals surface area contributed by atoms with Crippen LogP contribution < -0.4 is 0 Å². The fourth-order valence-electron chi connectivity index (χ4n) is 1.24. The molecule has 5 N–H and O–H groups in total. The van der Waals surface area contributed by atoms with Gasteiger partial charge in [-0.1, -0.05) is 0 Å². The first kappa shape index (κ1) is 13.0. The second-order valence-corrected chi connectivity index (χ2v) is 4.47. The van der Waals surface area contributed by atoms with Crippen LogP contribution >= 0.6 is 7.82 Å². The molecule has 1 fully saturated rings. The van der Waals surface area contributed by atoms with Gasteiger partial charge in [0, 0.05) is 0 Å². The number of ether oxygens (including phenoxy) is 1. The van der Waals surface area contributed by atoms with Crippen molar-refractivity contribution >= 4 is 7.82 Å². The molecule has 9 heteroatoms. The Labute approximate surface area is 85.3 Å². The Kier molecular flexibility index (Phi) is 3.85. The normalized spacial score (nSPS) is 42.9. The van der Waals surface area contributed by atoms with E-state index in [1.54, 1.807) is 0 Å². The Bertz CT molecular complexity index is 264. The van der Waals surface area contributed by atoms with Crippen molar-refractivity contribution in [2.24, 2.45) is 0 Å². The highest BCUT2D eigenvalue weighted by Crippen LogP contribution is 2.40. The first-order valence-corrected chi connectivity index (χ1v) is 5.69.